The quantitative estimate of drug-likeness (QED) is 0.566. The standard InChI is InChI=1S/C15H18ClN6P/c1-3-23(4-2)15-20-13(17)12-14(21-15)22(9-19-12)8-10-5-6-11(16)18-7-10/h5-7,9H,3-4,8H2,1-2H3,(H2,17,20,21). The van der Waals surface area contributed by atoms with Gasteiger partial charge in [-0.2, -0.15) is 0 Å². The Bertz CT molecular complexity index is 813. The molecule has 0 aromatic carbocycles. The highest BCUT2D eigenvalue weighted by Crippen LogP contribution is 2.32. The van der Waals surface area contributed by atoms with Crippen LogP contribution in [-0.2, 0) is 6.54 Å². The van der Waals surface area contributed by atoms with E-state index in [0.29, 0.717) is 23.0 Å². The van der Waals surface area contributed by atoms with Gasteiger partial charge in [-0.05, 0) is 31.9 Å². The number of imidazole rings is 1. The first kappa shape index (κ1) is 16.1. The number of aromatic nitrogens is 5. The number of nitrogen functional groups attached to an aromatic ring is 1. The Balaban J connectivity index is 2.02. The second kappa shape index (κ2) is 6.77. The number of fused-ring (bicyclic) bond motifs is 1. The molecule has 0 atom stereocenters. The molecule has 3 aromatic rings. The van der Waals surface area contributed by atoms with Crippen LogP contribution in [0.4, 0.5) is 5.82 Å². The highest BCUT2D eigenvalue weighted by Gasteiger charge is 2.16. The molecule has 120 valence electrons. The van der Waals surface area contributed by atoms with E-state index in [0.717, 1.165) is 29.1 Å². The molecule has 0 aliphatic rings. The molecule has 0 fully saturated rings. The maximum absolute atomic E-state index is 6.08. The largest absolute Gasteiger partial charge is 0.382 e. The normalized spacial score (nSPS) is 11.5. The highest BCUT2D eigenvalue weighted by atomic mass is 35.5. The number of rotatable bonds is 5. The Kier molecular flexibility index (Phi) is 4.74. The molecule has 0 aliphatic carbocycles. The maximum atomic E-state index is 6.08. The van der Waals surface area contributed by atoms with Gasteiger partial charge < -0.3 is 10.3 Å². The monoisotopic (exact) mass is 348 g/mol. The molecule has 2 N–H and O–H groups in total. The first-order chi connectivity index (χ1) is 11.1. The molecule has 0 bridgehead atoms. The molecular weight excluding hydrogens is 331 g/mol. The van der Waals surface area contributed by atoms with Crippen LogP contribution in [0.15, 0.2) is 24.7 Å². The molecule has 0 saturated heterocycles. The third-order valence-electron chi connectivity index (χ3n) is 3.67. The number of hydrogen-bond acceptors (Lipinski definition) is 5. The molecule has 8 heteroatoms. The zero-order valence-corrected chi connectivity index (χ0v) is 14.7. The summed E-state index contributed by atoms with van der Waals surface area (Å²) in [4.78, 5) is 17.7. The predicted molar refractivity (Wildman–Crippen MR) is 95.7 cm³/mol. The number of halogens is 1. The van der Waals surface area contributed by atoms with Crippen LogP contribution in [0.5, 0.6) is 0 Å². The summed E-state index contributed by atoms with van der Waals surface area (Å²) in [6.45, 7) is 4.94. The van der Waals surface area contributed by atoms with Crippen molar-refractivity contribution in [1.29, 1.82) is 0 Å². The summed E-state index contributed by atoms with van der Waals surface area (Å²) in [6.07, 6.45) is 5.59. The fraction of sp³-hybridized carbons (Fsp3) is 0.333. The Morgan fingerprint density at radius 1 is 1.17 bits per heavy atom. The second-order valence-electron chi connectivity index (χ2n) is 5.11. The summed E-state index contributed by atoms with van der Waals surface area (Å²) >= 11 is 5.83. The van der Waals surface area contributed by atoms with E-state index in [1.54, 1.807) is 18.6 Å². The number of nitrogens with two attached hydrogens (primary N) is 1. The SMILES string of the molecule is CCP(CC)c1nc(N)c2ncn(Cc3ccc(Cl)nc3)c2n1. The van der Waals surface area contributed by atoms with Crippen LogP contribution in [0, 0.1) is 0 Å². The Morgan fingerprint density at radius 3 is 2.61 bits per heavy atom. The van der Waals surface area contributed by atoms with Crippen LogP contribution in [0.25, 0.3) is 11.2 Å². The average Bonchev–Trinajstić information content (AvgIpc) is 2.94. The van der Waals surface area contributed by atoms with Crippen molar-refractivity contribution in [3.05, 3.63) is 35.4 Å². The Labute approximate surface area is 140 Å². The van der Waals surface area contributed by atoms with Crippen molar-refractivity contribution in [2.45, 2.75) is 20.4 Å². The number of anilines is 1. The maximum Gasteiger partial charge on any atom is 0.166 e. The van der Waals surface area contributed by atoms with Crippen molar-refractivity contribution in [1.82, 2.24) is 24.5 Å². The van der Waals surface area contributed by atoms with E-state index in [1.165, 1.54) is 0 Å². The van der Waals surface area contributed by atoms with Gasteiger partial charge in [0.05, 0.1) is 12.9 Å². The van der Waals surface area contributed by atoms with Crippen LogP contribution in [0.1, 0.15) is 19.4 Å². The van der Waals surface area contributed by atoms with E-state index in [4.69, 9.17) is 22.3 Å². The molecule has 6 nitrogen and oxygen atoms in total. The smallest absolute Gasteiger partial charge is 0.166 e. The first-order valence-corrected chi connectivity index (χ1v) is 9.55. The van der Waals surface area contributed by atoms with Gasteiger partial charge in [-0.3, -0.25) is 0 Å². The van der Waals surface area contributed by atoms with E-state index in [9.17, 15) is 0 Å². The lowest BCUT2D eigenvalue weighted by Gasteiger charge is -2.12. The summed E-state index contributed by atoms with van der Waals surface area (Å²) in [5.41, 5.74) is 9.39. The van der Waals surface area contributed by atoms with Gasteiger partial charge in [-0.25, -0.2) is 19.9 Å². The summed E-state index contributed by atoms with van der Waals surface area (Å²) in [6, 6.07) is 3.72. The van der Waals surface area contributed by atoms with E-state index in [-0.39, 0.29) is 7.92 Å². The summed E-state index contributed by atoms with van der Waals surface area (Å²) < 4.78 is 1.97. The van der Waals surface area contributed by atoms with Crippen molar-refractivity contribution in [2.24, 2.45) is 0 Å². The van der Waals surface area contributed by atoms with Gasteiger partial charge in [0, 0.05) is 6.20 Å². The van der Waals surface area contributed by atoms with E-state index in [1.807, 2.05) is 10.6 Å². The highest BCUT2D eigenvalue weighted by molar-refractivity contribution is 7.65. The van der Waals surface area contributed by atoms with Gasteiger partial charge in [0.15, 0.2) is 17.0 Å². The van der Waals surface area contributed by atoms with E-state index >= 15 is 0 Å². The van der Waals surface area contributed by atoms with Crippen LogP contribution in [-0.4, -0.2) is 36.8 Å². The van der Waals surface area contributed by atoms with Crippen molar-refractivity contribution in [3.8, 4) is 0 Å². The fourth-order valence-electron chi connectivity index (χ4n) is 2.41. The van der Waals surface area contributed by atoms with Crippen molar-refractivity contribution >= 4 is 42.1 Å². The van der Waals surface area contributed by atoms with Crippen LogP contribution >= 0.6 is 19.5 Å². The molecule has 0 radical (unpaired) electrons. The topological polar surface area (TPSA) is 82.5 Å². The lowest BCUT2D eigenvalue weighted by molar-refractivity contribution is 0.810. The molecule has 3 rings (SSSR count). The lowest BCUT2D eigenvalue weighted by Crippen LogP contribution is -2.17. The van der Waals surface area contributed by atoms with Crippen molar-refractivity contribution in [3.63, 3.8) is 0 Å². The molecule has 0 amide bonds. The van der Waals surface area contributed by atoms with E-state index in [2.05, 4.69) is 28.8 Å². The molecule has 23 heavy (non-hydrogen) atoms. The molecular formula is C15H18ClN6P. The minimum Gasteiger partial charge on any atom is -0.382 e. The van der Waals surface area contributed by atoms with E-state index < -0.39 is 0 Å². The molecule has 3 heterocycles. The van der Waals surface area contributed by atoms with Gasteiger partial charge in [0.1, 0.15) is 10.7 Å². The summed E-state index contributed by atoms with van der Waals surface area (Å²) in [5.74, 6) is 0.451. The second-order valence-corrected chi connectivity index (χ2v) is 8.25. The van der Waals surface area contributed by atoms with Gasteiger partial charge in [-0.15, -0.1) is 0 Å². The average molecular weight is 349 g/mol. The number of nitrogens with zero attached hydrogens (tertiary/aromatic N) is 5. The molecule has 0 spiro atoms. The predicted octanol–water partition coefficient (Wildman–Crippen LogP) is 2.65. The summed E-state index contributed by atoms with van der Waals surface area (Å²) in [5, 5.41) is 0.481. The Hall–Kier alpha value is -1.78. The van der Waals surface area contributed by atoms with Gasteiger partial charge in [0.2, 0.25) is 0 Å². The first-order valence-electron chi connectivity index (χ1n) is 7.46. The Morgan fingerprint density at radius 2 is 1.96 bits per heavy atom. The number of pyridine rings is 1. The molecule has 0 saturated carbocycles. The van der Waals surface area contributed by atoms with Gasteiger partial charge in [-0.1, -0.05) is 31.5 Å². The third kappa shape index (κ3) is 3.28. The van der Waals surface area contributed by atoms with Crippen LogP contribution in [0.3, 0.4) is 0 Å². The van der Waals surface area contributed by atoms with Crippen molar-refractivity contribution in [2.75, 3.05) is 18.1 Å². The lowest BCUT2D eigenvalue weighted by atomic mass is 10.3. The van der Waals surface area contributed by atoms with Crippen LogP contribution < -0.4 is 11.3 Å². The third-order valence-corrected chi connectivity index (χ3v) is 6.18. The molecule has 0 aliphatic heterocycles. The van der Waals surface area contributed by atoms with Gasteiger partial charge in [0.25, 0.3) is 0 Å². The minimum absolute atomic E-state index is 0.371. The van der Waals surface area contributed by atoms with Gasteiger partial charge >= 0.3 is 0 Å². The number of hydrogen-bond donors (Lipinski definition) is 1. The van der Waals surface area contributed by atoms with Crippen LogP contribution in [0.2, 0.25) is 5.15 Å². The molecule has 3 aromatic heterocycles. The minimum atomic E-state index is -0.371. The van der Waals surface area contributed by atoms with Crippen molar-refractivity contribution < 1.29 is 0 Å². The molecule has 0 unspecified atom stereocenters. The summed E-state index contributed by atoms with van der Waals surface area (Å²) in [7, 11) is -0.371. The fourth-order valence-corrected chi connectivity index (χ4v) is 4.02. The zero-order valence-electron chi connectivity index (χ0n) is 13.1. The zero-order chi connectivity index (χ0) is 16.4.